The number of likely N-dealkylation sites (tertiary alicyclic amines) is 1. The molecule has 1 saturated heterocycles. The first-order valence-corrected chi connectivity index (χ1v) is 18.6. The van der Waals surface area contributed by atoms with Crippen molar-refractivity contribution in [2.24, 2.45) is 5.92 Å². The molecule has 1 aromatic heterocycles. The van der Waals surface area contributed by atoms with Crippen molar-refractivity contribution in [3.8, 4) is 0 Å². The van der Waals surface area contributed by atoms with Gasteiger partial charge in [0.05, 0.1) is 30.3 Å². The minimum absolute atomic E-state index is 0.0415. The van der Waals surface area contributed by atoms with E-state index in [1.54, 1.807) is 12.1 Å². The second-order valence-corrected chi connectivity index (χ2v) is 14.8. The molecule has 0 spiro atoms. The Balaban J connectivity index is 1.40. The summed E-state index contributed by atoms with van der Waals surface area (Å²) in [5.74, 6) is -0.876. The van der Waals surface area contributed by atoms with Gasteiger partial charge < -0.3 is 10.0 Å². The summed E-state index contributed by atoms with van der Waals surface area (Å²) in [6, 6.07) is 24.2. The molecule has 10 heteroatoms. The molecule has 9 nitrogen and oxygen atoms in total. The highest BCUT2D eigenvalue weighted by Crippen LogP contribution is 2.34. The maximum absolute atomic E-state index is 14.1. The van der Waals surface area contributed by atoms with Crippen molar-refractivity contribution < 1.29 is 23.1 Å². The first kappa shape index (κ1) is 35.0. The van der Waals surface area contributed by atoms with Gasteiger partial charge in [0.25, 0.3) is 5.91 Å². The van der Waals surface area contributed by atoms with Gasteiger partial charge in [0.1, 0.15) is 0 Å². The fourth-order valence-electron chi connectivity index (χ4n) is 6.54. The monoisotopic (exact) mass is 670 g/mol. The zero-order valence-electron chi connectivity index (χ0n) is 28.0. The van der Waals surface area contributed by atoms with Gasteiger partial charge >= 0.3 is 0 Å². The van der Waals surface area contributed by atoms with Crippen LogP contribution in [0, 0.1) is 5.92 Å². The van der Waals surface area contributed by atoms with E-state index in [1.165, 1.54) is 13.1 Å². The number of anilines is 1. The van der Waals surface area contributed by atoms with Crippen molar-refractivity contribution in [3.05, 3.63) is 119 Å². The average molecular weight is 671 g/mol. The van der Waals surface area contributed by atoms with Crippen LogP contribution in [0.5, 0.6) is 0 Å². The number of hydrogen-bond donors (Lipinski definition) is 1. The summed E-state index contributed by atoms with van der Waals surface area (Å²) >= 11 is 0. The summed E-state index contributed by atoms with van der Waals surface area (Å²) in [6.45, 7) is 3.40. The number of carbonyl (C=O) groups is 2. The lowest BCUT2D eigenvalue weighted by Gasteiger charge is -2.27. The fraction of sp³-hybridized carbons (Fsp3) is 0.395. The van der Waals surface area contributed by atoms with Crippen LogP contribution in [0.4, 0.5) is 5.69 Å². The molecule has 1 aliphatic heterocycles. The van der Waals surface area contributed by atoms with Gasteiger partial charge in [-0.25, -0.2) is 8.42 Å². The number of Topliss-reactive ketones (excluding diaryl/α,β-unsaturated/α-hetero) is 1. The van der Waals surface area contributed by atoms with Crippen LogP contribution in [0.1, 0.15) is 82.5 Å². The van der Waals surface area contributed by atoms with E-state index in [0.717, 1.165) is 59.5 Å². The molecule has 1 aliphatic rings. The Bertz CT molecular complexity index is 1790. The van der Waals surface area contributed by atoms with Crippen LogP contribution >= 0.6 is 0 Å². The standard InChI is InChI=1S/C38H46N4O5S/c1-4-41-27-29(26-39-41)15-11-19-36(43)31(21-28-13-7-5-8-14-28)25-37(44)32-22-33(24-34(23-32)40(2)48(3,46)47)38(45)42-20-12-18-35(42)30-16-9-6-10-17-30/h5-10,13-14,16-17,22-24,26-27,31,35-36,43H,4,11-12,15,18-21,25H2,1-3H3/t31-,35?,36-/m1/s1. The van der Waals surface area contributed by atoms with E-state index in [2.05, 4.69) is 5.10 Å². The summed E-state index contributed by atoms with van der Waals surface area (Å²) in [6.07, 6.45) is 8.46. The maximum Gasteiger partial charge on any atom is 0.254 e. The molecule has 5 rings (SSSR count). The Morgan fingerprint density at radius 2 is 1.69 bits per heavy atom. The number of ketones is 1. The zero-order chi connectivity index (χ0) is 34.3. The molecule has 3 atom stereocenters. The highest BCUT2D eigenvalue weighted by molar-refractivity contribution is 7.92. The molecule has 0 bridgehead atoms. The Labute approximate surface area is 284 Å². The molecular formula is C38H46N4O5S. The summed E-state index contributed by atoms with van der Waals surface area (Å²) in [4.78, 5) is 29.9. The van der Waals surface area contributed by atoms with Gasteiger partial charge in [0.2, 0.25) is 10.0 Å². The van der Waals surface area contributed by atoms with Crippen LogP contribution in [0.25, 0.3) is 0 Å². The average Bonchev–Trinajstić information content (AvgIpc) is 3.78. The molecule has 3 aromatic carbocycles. The predicted octanol–water partition coefficient (Wildman–Crippen LogP) is 6.09. The Hall–Kier alpha value is -4.28. The molecule has 254 valence electrons. The number of nitrogens with zero attached hydrogens (tertiary/aromatic N) is 4. The molecule has 1 fully saturated rings. The van der Waals surface area contributed by atoms with Crippen LogP contribution in [-0.4, -0.2) is 65.8 Å². The number of amides is 1. The number of aliphatic hydroxyl groups is 1. The van der Waals surface area contributed by atoms with Gasteiger partial charge in [0.15, 0.2) is 5.78 Å². The molecule has 1 N–H and O–H groups in total. The normalized spacial score (nSPS) is 16.1. The van der Waals surface area contributed by atoms with Gasteiger partial charge in [-0.1, -0.05) is 60.7 Å². The lowest BCUT2D eigenvalue weighted by molar-refractivity contribution is 0.0734. The summed E-state index contributed by atoms with van der Waals surface area (Å²) in [5.41, 5.74) is 3.93. The number of carbonyl (C=O) groups excluding carboxylic acids is 2. The number of aromatic nitrogens is 2. The number of aliphatic hydroxyl groups excluding tert-OH is 1. The van der Waals surface area contributed by atoms with E-state index in [4.69, 9.17) is 0 Å². The second-order valence-electron chi connectivity index (χ2n) is 12.8. The third-order valence-electron chi connectivity index (χ3n) is 9.35. The summed E-state index contributed by atoms with van der Waals surface area (Å²) < 4.78 is 28.1. The number of rotatable bonds is 15. The largest absolute Gasteiger partial charge is 0.393 e. The van der Waals surface area contributed by atoms with Crippen LogP contribution in [0.3, 0.4) is 0 Å². The van der Waals surface area contributed by atoms with E-state index in [-0.39, 0.29) is 46.9 Å². The number of sulfonamides is 1. The summed E-state index contributed by atoms with van der Waals surface area (Å²) in [7, 11) is -2.25. The Morgan fingerprint density at radius 3 is 2.35 bits per heavy atom. The number of benzene rings is 3. The minimum Gasteiger partial charge on any atom is -0.393 e. The van der Waals surface area contributed by atoms with E-state index in [0.29, 0.717) is 19.4 Å². The molecule has 0 radical (unpaired) electrons. The van der Waals surface area contributed by atoms with Crippen molar-refractivity contribution in [3.63, 3.8) is 0 Å². The van der Waals surface area contributed by atoms with Crippen molar-refractivity contribution in [2.75, 3.05) is 24.2 Å². The van der Waals surface area contributed by atoms with E-state index >= 15 is 0 Å². The number of hydrogen-bond acceptors (Lipinski definition) is 6. The third-order valence-corrected chi connectivity index (χ3v) is 10.6. The highest BCUT2D eigenvalue weighted by atomic mass is 32.2. The molecule has 4 aromatic rings. The van der Waals surface area contributed by atoms with Gasteiger partial charge in [-0.3, -0.25) is 18.6 Å². The molecule has 2 heterocycles. The van der Waals surface area contributed by atoms with Gasteiger partial charge in [-0.2, -0.15) is 5.10 Å². The minimum atomic E-state index is -3.67. The molecule has 48 heavy (non-hydrogen) atoms. The quantitative estimate of drug-likeness (QED) is 0.153. The second kappa shape index (κ2) is 15.7. The molecular weight excluding hydrogens is 625 g/mol. The fourth-order valence-corrected chi connectivity index (χ4v) is 7.03. The topological polar surface area (TPSA) is 113 Å². The lowest BCUT2D eigenvalue weighted by Crippen LogP contribution is -2.31. The number of aryl methyl sites for hydroxylation is 2. The Kier molecular flexibility index (Phi) is 11.5. The van der Waals surface area contributed by atoms with Gasteiger partial charge in [0, 0.05) is 43.9 Å². The zero-order valence-corrected chi connectivity index (χ0v) is 28.9. The smallest absolute Gasteiger partial charge is 0.254 e. The third kappa shape index (κ3) is 8.79. The predicted molar refractivity (Wildman–Crippen MR) is 189 cm³/mol. The van der Waals surface area contributed by atoms with E-state index < -0.39 is 16.1 Å². The van der Waals surface area contributed by atoms with Crippen molar-refractivity contribution in [2.45, 2.75) is 70.6 Å². The summed E-state index contributed by atoms with van der Waals surface area (Å²) in [5, 5.41) is 15.8. The lowest BCUT2D eigenvalue weighted by atomic mass is 9.85. The van der Waals surface area contributed by atoms with Crippen molar-refractivity contribution in [1.82, 2.24) is 14.7 Å². The van der Waals surface area contributed by atoms with E-state index in [9.17, 15) is 23.1 Å². The van der Waals surface area contributed by atoms with Crippen LogP contribution in [0.15, 0.2) is 91.3 Å². The SMILES string of the molecule is CCn1cc(CCC[C@@H](O)[C@@H](CC(=O)c2cc(C(=O)N3CCCC3c3ccccc3)cc(N(C)S(C)(=O)=O)c2)Cc2ccccc2)cn1. The van der Waals surface area contributed by atoms with Crippen LogP contribution in [0.2, 0.25) is 0 Å². The highest BCUT2D eigenvalue weighted by Gasteiger charge is 2.32. The first-order chi connectivity index (χ1) is 23.0. The van der Waals surface area contributed by atoms with Gasteiger partial charge in [-0.05, 0) is 86.3 Å². The van der Waals surface area contributed by atoms with E-state index in [1.807, 2.05) is 89.6 Å². The van der Waals surface area contributed by atoms with Crippen LogP contribution < -0.4 is 4.31 Å². The Morgan fingerprint density at radius 1 is 1.00 bits per heavy atom. The van der Waals surface area contributed by atoms with Crippen molar-refractivity contribution in [1.29, 1.82) is 0 Å². The van der Waals surface area contributed by atoms with Gasteiger partial charge in [-0.15, -0.1) is 0 Å². The maximum atomic E-state index is 14.1. The first-order valence-electron chi connectivity index (χ1n) is 16.7. The van der Waals surface area contributed by atoms with Crippen LogP contribution in [-0.2, 0) is 29.4 Å². The molecule has 1 amide bonds. The molecule has 0 saturated carbocycles. The van der Waals surface area contributed by atoms with Crippen molar-refractivity contribution >= 4 is 27.4 Å². The molecule has 1 unspecified atom stereocenters. The molecule has 0 aliphatic carbocycles.